The quantitative estimate of drug-likeness (QED) is 0.354. The molecule has 0 spiro atoms. The van der Waals surface area contributed by atoms with Crippen LogP contribution in [0.4, 0.5) is 4.79 Å². The Bertz CT molecular complexity index is 1050. The fourth-order valence-corrected chi connectivity index (χ4v) is 4.07. The minimum Gasteiger partial charge on any atom is -0.444 e. The molecule has 8 heteroatoms. The van der Waals surface area contributed by atoms with E-state index in [4.69, 9.17) is 4.74 Å². The molecule has 0 fully saturated rings. The largest absolute Gasteiger partial charge is 0.444 e. The molecule has 0 aliphatic rings. The molecule has 2 aromatic carbocycles. The molecule has 0 saturated carbocycles. The molecule has 2 unspecified atom stereocenters. The second-order valence-electron chi connectivity index (χ2n) is 10.2. The molecule has 2 N–H and O–H groups in total. The van der Waals surface area contributed by atoms with E-state index in [0.717, 1.165) is 23.1 Å². The number of unbranched alkanes of at least 4 members (excludes halogenated alkanes) is 1. The summed E-state index contributed by atoms with van der Waals surface area (Å²) < 4.78 is 5.36. The van der Waals surface area contributed by atoms with Gasteiger partial charge in [-0.25, -0.2) is 4.79 Å². The third-order valence-electron chi connectivity index (χ3n) is 5.92. The van der Waals surface area contributed by atoms with E-state index in [9.17, 15) is 14.4 Å². The highest BCUT2D eigenvalue weighted by Gasteiger charge is 2.35. The van der Waals surface area contributed by atoms with Crippen molar-refractivity contribution < 1.29 is 19.1 Å². The first-order valence-corrected chi connectivity index (χ1v) is 13.4. The molecule has 0 radical (unpaired) electrons. The summed E-state index contributed by atoms with van der Waals surface area (Å²) in [6, 6.07) is 13.6. The Balaban J connectivity index is 2.42. The van der Waals surface area contributed by atoms with Gasteiger partial charge >= 0.3 is 6.09 Å². The lowest BCUT2D eigenvalue weighted by molar-refractivity contribution is -0.142. The molecule has 0 aliphatic heterocycles. The van der Waals surface area contributed by atoms with E-state index >= 15 is 0 Å². The van der Waals surface area contributed by atoms with Crippen molar-refractivity contribution in [2.24, 2.45) is 0 Å². The van der Waals surface area contributed by atoms with Crippen LogP contribution in [0.2, 0.25) is 0 Å². The number of benzene rings is 2. The van der Waals surface area contributed by atoms with Gasteiger partial charge < -0.3 is 20.3 Å². The van der Waals surface area contributed by atoms with Crippen LogP contribution < -0.4 is 10.6 Å². The molecule has 2 atom stereocenters. The molecule has 0 bridgehead atoms. The van der Waals surface area contributed by atoms with Gasteiger partial charge in [0.2, 0.25) is 11.8 Å². The number of hydrogen-bond acceptors (Lipinski definition) is 5. The zero-order valence-corrected chi connectivity index (χ0v) is 23.7. The van der Waals surface area contributed by atoms with Crippen LogP contribution in [-0.4, -0.2) is 46.7 Å². The predicted molar refractivity (Wildman–Crippen MR) is 151 cm³/mol. The van der Waals surface area contributed by atoms with Gasteiger partial charge in [0.1, 0.15) is 17.7 Å². The topological polar surface area (TPSA) is 87.7 Å². The van der Waals surface area contributed by atoms with E-state index < -0.39 is 23.8 Å². The van der Waals surface area contributed by atoms with Crippen LogP contribution in [0.1, 0.15) is 68.8 Å². The monoisotopic (exact) mass is 527 g/mol. The number of alkyl carbamates (subject to hydrolysis) is 1. The van der Waals surface area contributed by atoms with Gasteiger partial charge in [0.25, 0.3) is 0 Å². The van der Waals surface area contributed by atoms with E-state index in [1.165, 1.54) is 0 Å². The maximum Gasteiger partial charge on any atom is 0.408 e. The number of carbonyl (C=O) groups excluding carboxylic acids is 3. The van der Waals surface area contributed by atoms with E-state index in [2.05, 4.69) is 23.3 Å². The summed E-state index contributed by atoms with van der Waals surface area (Å²) in [6.45, 7) is 12.0. The normalized spacial score (nSPS) is 12.8. The molecule has 0 saturated heterocycles. The third-order valence-corrected chi connectivity index (χ3v) is 6.29. The van der Waals surface area contributed by atoms with Crippen molar-refractivity contribution in [3.05, 3.63) is 70.8 Å². The molecule has 7 nitrogen and oxygen atoms in total. The summed E-state index contributed by atoms with van der Waals surface area (Å²) in [6.07, 6.45) is 0.830. The zero-order chi connectivity index (χ0) is 27.6. The Morgan fingerprint density at radius 2 is 1.70 bits per heavy atom. The number of rotatable bonds is 11. The van der Waals surface area contributed by atoms with Gasteiger partial charge in [-0.05, 0) is 63.3 Å². The number of amides is 3. The number of ether oxygens (including phenoxy) is 1. The number of thiol groups is 1. The highest BCUT2D eigenvalue weighted by Crippen LogP contribution is 2.26. The SMILES string of the molecule is CCCCN(C(=O)C(CS)NC(=O)OC(C)(C)C)C(C(=O)NCc1ccccc1)c1ccc(C)c(C)c1. The van der Waals surface area contributed by atoms with Crippen molar-refractivity contribution >= 4 is 30.5 Å². The lowest BCUT2D eigenvalue weighted by Gasteiger charge is -2.34. The summed E-state index contributed by atoms with van der Waals surface area (Å²) in [5.41, 5.74) is 3.08. The smallest absolute Gasteiger partial charge is 0.408 e. The van der Waals surface area contributed by atoms with Crippen molar-refractivity contribution in [1.29, 1.82) is 0 Å². The van der Waals surface area contributed by atoms with E-state index in [1.807, 2.05) is 69.3 Å². The molecular weight excluding hydrogens is 486 g/mol. The van der Waals surface area contributed by atoms with Gasteiger partial charge in [-0.15, -0.1) is 0 Å². The minimum atomic E-state index is -0.953. The third kappa shape index (κ3) is 9.43. The summed E-state index contributed by atoms with van der Waals surface area (Å²) in [5.74, 6) is -0.606. The average molecular weight is 528 g/mol. The van der Waals surface area contributed by atoms with E-state index in [-0.39, 0.29) is 17.6 Å². The zero-order valence-electron chi connectivity index (χ0n) is 22.8. The van der Waals surface area contributed by atoms with Crippen LogP contribution in [0.25, 0.3) is 0 Å². The summed E-state index contributed by atoms with van der Waals surface area (Å²) in [7, 11) is 0. The second kappa shape index (κ2) is 14.1. The van der Waals surface area contributed by atoms with Gasteiger partial charge in [-0.3, -0.25) is 9.59 Å². The van der Waals surface area contributed by atoms with Gasteiger partial charge in [-0.2, -0.15) is 12.6 Å². The fraction of sp³-hybridized carbons (Fsp3) is 0.483. The number of carbonyl (C=O) groups is 3. The highest BCUT2D eigenvalue weighted by molar-refractivity contribution is 7.80. The fourth-order valence-electron chi connectivity index (χ4n) is 3.82. The van der Waals surface area contributed by atoms with Crippen LogP contribution in [0, 0.1) is 13.8 Å². The Morgan fingerprint density at radius 3 is 2.27 bits per heavy atom. The van der Waals surface area contributed by atoms with Crippen molar-refractivity contribution in [1.82, 2.24) is 15.5 Å². The molecule has 3 amide bonds. The van der Waals surface area contributed by atoms with Crippen molar-refractivity contribution in [3.8, 4) is 0 Å². The van der Waals surface area contributed by atoms with Crippen LogP contribution in [0.3, 0.4) is 0 Å². The number of aryl methyl sites for hydroxylation is 2. The molecular formula is C29H41N3O4S. The minimum absolute atomic E-state index is 0.0615. The Morgan fingerprint density at radius 1 is 1.03 bits per heavy atom. The van der Waals surface area contributed by atoms with Gasteiger partial charge in [0, 0.05) is 18.8 Å². The predicted octanol–water partition coefficient (Wildman–Crippen LogP) is 5.11. The van der Waals surface area contributed by atoms with Gasteiger partial charge in [0.15, 0.2) is 0 Å². The van der Waals surface area contributed by atoms with Crippen LogP contribution in [-0.2, 0) is 20.9 Å². The first-order valence-electron chi connectivity index (χ1n) is 12.8. The van der Waals surface area contributed by atoms with Gasteiger partial charge in [0.05, 0.1) is 0 Å². The first-order chi connectivity index (χ1) is 17.5. The molecule has 2 rings (SSSR count). The summed E-state index contributed by atoms with van der Waals surface area (Å²) >= 11 is 4.33. The summed E-state index contributed by atoms with van der Waals surface area (Å²) in [4.78, 5) is 41.6. The van der Waals surface area contributed by atoms with Crippen molar-refractivity contribution in [3.63, 3.8) is 0 Å². The number of nitrogens with zero attached hydrogens (tertiary/aromatic N) is 1. The molecule has 2 aromatic rings. The maximum atomic E-state index is 13.9. The van der Waals surface area contributed by atoms with Crippen LogP contribution in [0.5, 0.6) is 0 Å². The standard InChI is InChI=1S/C29H41N3O4S/c1-7-8-16-32(27(34)24(19-37)31-28(35)36-29(4,5)6)25(23-15-14-20(2)21(3)17-23)26(33)30-18-22-12-10-9-11-13-22/h9-15,17,24-25,37H,7-8,16,18-19H2,1-6H3,(H,30,33)(H,31,35). The van der Waals surface area contributed by atoms with Crippen LogP contribution in [0.15, 0.2) is 48.5 Å². The number of nitrogens with one attached hydrogen (secondary N) is 2. The Hall–Kier alpha value is -3.00. The molecule has 202 valence electrons. The van der Waals surface area contributed by atoms with Crippen molar-refractivity contribution in [2.75, 3.05) is 12.3 Å². The van der Waals surface area contributed by atoms with Gasteiger partial charge in [-0.1, -0.05) is 61.9 Å². The maximum absolute atomic E-state index is 13.9. The average Bonchev–Trinajstić information content (AvgIpc) is 2.84. The Kier molecular flexibility index (Phi) is 11.5. The first kappa shape index (κ1) is 30.2. The summed E-state index contributed by atoms with van der Waals surface area (Å²) in [5, 5.41) is 5.65. The molecule has 0 aromatic heterocycles. The molecule has 0 aliphatic carbocycles. The number of hydrogen-bond donors (Lipinski definition) is 3. The lowest BCUT2D eigenvalue weighted by Crippen LogP contribution is -2.54. The molecule has 37 heavy (non-hydrogen) atoms. The van der Waals surface area contributed by atoms with E-state index in [0.29, 0.717) is 25.1 Å². The lowest BCUT2D eigenvalue weighted by atomic mass is 9.98. The highest BCUT2D eigenvalue weighted by atomic mass is 32.1. The van der Waals surface area contributed by atoms with Crippen LogP contribution >= 0.6 is 12.6 Å². The Labute approximate surface area is 226 Å². The van der Waals surface area contributed by atoms with Crippen molar-refractivity contribution in [2.45, 2.75) is 78.6 Å². The molecule has 0 heterocycles. The second-order valence-corrected chi connectivity index (χ2v) is 10.6. The van der Waals surface area contributed by atoms with E-state index in [1.54, 1.807) is 25.7 Å².